The predicted octanol–water partition coefficient (Wildman–Crippen LogP) is 8.67. The molecular weight excluding hydrogens is 725 g/mol. The normalized spacial score (nSPS) is 27.4. The molecule has 1 rings (SSSR count). The standard InChI is InChI=1S/C10H20.C4F9.C3H9P.HI.Ir/c1-6-7(2)9(4)10(5)8(6)3;5-1(3(8,9)10)2(6,7)4(11,12)13;1-4(2)3;;/h6-10H,1-5H3;;1-3H3;1H;/q;-1;;;+3/p-1. The summed E-state index contributed by atoms with van der Waals surface area (Å²) in [6.45, 7) is 18.7. The maximum atomic E-state index is 11.6. The van der Waals surface area contributed by atoms with Gasteiger partial charge in [-0.15, -0.1) is 7.92 Å². The van der Waals surface area contributed by atoms with Gasteiger partial charge in [0.25, 0.3) is 5.92 Å². The van der Waals surface area contributed by atoms with Gasteiger partial charge in [-0.25, -0.2) is 22.0 Å². The average molecular weight is 754 g/mol. The van der Waals surface area contributed by atoms with Gasteiger partial charge in [-0.1, -0.05) is 34.6 Å². The van der Waals surface area contributed by atoms with Gasteiger partial charge < -0.3 is 4.39 Å². The summed E-state index contributed by atoms with van der Waals surface area (Å²) in [6, 6.07) is 0. The summed E-state index contributed by atoms with van der Waals surface area (Å²) in [5, 5.41) is 0. The minimum absolute atomic E-state index is 0.380. The van der Waals surface area contributed by atoms with Crippen molar-refractivity contribution in [2.45, 2.75) is 52.9 Å². The Morgan fingerprint density at radius 1 is 0.655 bits per heavy atom. The molecule has 0 N–H and O–H groups in total. The molecule has 0 amide bonds. The van der Waals surface area contributed by atoms with Crippen LogP contribution in [-0.2, 0) is 15.3 Å². The molecule has 0 spiro atoms. The van der Waals surface area contributed by atoms with E-state index >= 15 is 0 Å². The van der Waals surface area contributed by atoms with Crippen LogP contribution in [-0.4, -0.2) is 38.3 Å². The summed E-state index contributed by atoms with van der Waals surface area (Å²) in [6.07, 6.45) is -17.3. The molecule has 0 bridgehead atoms. The Balaban J connectivity index is -0.000000373. The molecule has 29 heavy (non-hydrogen) atoms. The SMILES string of the molecule is CC1C(C)C(C)C(C)C1C.CP(C)C.F[C-](C(F)(F)F)C(F)(F)C(F)(F)F.[I][Ir+2]. The van der Waals surface area contributed by atoms with E-state index in [2.05, 4.69) is 74.2 Å². The fourth-order valence-electron chi connectivity index (χ4n) is 2.70. The van der Waals surface area contributed by atoms with Crippen molar-refractivity contribution in [2.24, 2.45) is 29.6 Å². The van der Waals surface area contributed by atoms with Gasteiger partial charge in [0.1, 0.15) is 0 Å². The molecule has 180 valence electrons. The van der Waals surface area contributed by atoms with Crippen LogP contribution in [0.3, 0.4) is 0 Å². The molecule has 0 aromatic carbocycles. The number of hydrogen-bond donors (Lipinski definition) is 0. The zero-order chi connectivity index (χ0) is 24.5. The molecule has 1 saturated carbocycles. The van der Waals surface area contributed by atoms with E-state index in [-0.39, 0.29) is 0 Å². The molecule has 0 radical (unpaired) electrons. The van der Waals surface area contributed by atoms with E-state index in [4.69, 9.17) is 0 Å². The van der Waals surface area contributed by atoms with Crippen LogP contribution in [0.4, 0.5) is 39.5 Å². The van der Waals surface area contributed by atoms with Crippen molar-refractivity contribution in [1.29, 1.82) is 0 Å². The third-order valence-corrected chi connectivity index (χ3v) is 5.03. The first-order valence-corrected chi connectivity index (χ1v) is 17.9. The monoisotopic (exact) mass is 755 g/mol. The quantitative estimate of drug-likeness (QED) is 0.109. The van der Waals surface area contributed by atoms with Crippen LogP contribution >= 0.6 is 27.5 Å². The van der Waals surface area contributed by atoms with Gasteiger partial charge in [-0.05, 0) is 49.6 Å². The fourth-order valence-corrected chi connectivity index (χ4v) is 2.70. The van der Waals surface area contributed by atoms with Crippen LogP contribution in [0.25, 0.3) is 0 Å². The van der Waals surface area contributed by atoms with Crippen molar-refractivity contribution in [3.8, 4) is 0 Å². The number of alkyl halides is 8. The van der Waals surface area contributed by atoms with Gasteiger partial charge in [-0.3, -0.25) is 0 Å². The molecule has 1 aliphatic rings. The molecule has 0 unspecified atom stereocenters. The molecule has 0 atom stereocenters. The number of rotatable bonds is 1. The summed E-state index contributed by atoms with van der Waals surface area (Å²) < 4.78 is 101. The second kappa shape index (κ2) is 14.4. The van der Waals surface area contributed by atoms with Crippen molar-refractivity contribution < 1.29 is 54.8 Å². The molecule has 12 heteroatoms. The average Bonchev–Trinajstić information content (AvgIpc) is 2.72. The van der Waals surface area contributed by atoms with Crippen LogP contribution < -0.4 is 0 Å². The Kier molecular flexibility index (Phi) is 17.2. The van der Waals surface area contributed by atoms with Crippen molar-refractivity contribution in [2.75, 3.05) is 20.0 Å². The van der Waals surface area contributed by atoms with E-state index in [1.807, 2.05) is 15.3 Å². The molecule has 1 fully saturated rings. The first-order chi connectivity index (χ1) is 12.7. The number of hydrogen-bond acceptors (Lipinski definition) is 0. The third kappa shape index (κ3) is 12.1. The molecular formula is C17H29F9IIrP+. The molecule has 0 aromatic rings. The Bertz CT molecular complexity index is 383. The Morgan fingerprint density at radius 3 is 0.897 bits per heavy atom. The van der Waals surface area contributed by atoms with Crippen molar-refractivity contribution in [1.82, 2.24) is 0 Å². The van der Waals surface area contributed by atoms with E-state index in [0.29, 0.717) is 7.92 Å². The van der Waals surface area contributed by atoms with Crippen molar-refractivity contribution in [3.63, 3.8) is 0 Å². The minimum atomic E-state index is -6.59. The summed E-state index contributed by atoms with van der Waals surface area (Å²) in [7, 11) is 0.380. The van der Waals surface area contributed by atoms with Crippen LogP contribution in [0.15, 0.2) is 0 Å². The van der Waals surface area contributed by atoms with Crippen molar-refractivity contribution in [3.05, 3.63) is 6.17 Å². The zero-order valence-electron chi connectivity index (χ0n) is 17.4. The Labute approximate surface area is 190 Å². The summed E-state index contributed by atoms with van der Waals surface area (Å²) in [5.74, 6) is -1.82. The van der Waals surface area contributed by atoms with E-state index in [9.17, 15) is 39.5 Å². The van der Waals surface area contributed by atoms with E-state index in [1.165, 1.54) is 0 Å². The Hall–Kier alpha value is 1.18. The predicted molar refractivity (Wildman–Crippen MR) is 106 cm³/mol. The van der Waals surface area contributed by atoms with Gasteiger partial charge in [-0.2, -0.15) is 13.2 Å². The van der Waals surface area contributed by atoms with Crippen LogP contribution in [0.5, 0.6) is 0 Å². The first-order valence-electron chi connectivity index (χ1n) is 8.47. The molecule has 0 aromatic heterocycles. The molecule has 0 heterocycles. The summed E-state index contributed by atoms with van der Waals surface area (Å²) in [5.41, 5.74) is 0. The van der Waals surface area contributed by atoms with Gasteiger partial charge in [0, 0.05) is 6.17 Å². The molecule has 0 saturated heterocycles. The van der Waals surface area contributed by atoms with Crippen LogP contribution in [0.1, 0.15) is 34.6 Å². The third-order valence-electron chi connectivity index (χ3n) is 5.03. The van der Waals surface area contributed by atoms with Gasteiger partial charge in [0.2, 0.25) is 0 Å². The number of halogens is 10. The van der Waals surface area contributed by atoms with Gasteiger partial charge in [0.15, 0.2) is 0 Å². The molecule has 0 nitrogen and oxygen atoms in total. The molecule has 0 aliphatic heterocycles. The summed E-state index contributed by atoms with van der Waals surface area (Å²) in [4.78, 5) is 0. The maximum absolute atomic E-state index is 11.6. The summed E-state index contributed by atoms with van der Waals surface area (Å²) >= 11 is 4.12. The van der Waals surface area contributed by atoms with Crippen molar-refractivity contribution >= 4 is 27.5 Å². The van der Waals surface area contributed by atoms with E-state index in [1.54, 1.807) is 0 Å². The topological polar surface area (TPSA) is 0 Å². The van der Waals surface area contributed by atoms with Gasteiger partial charge in [0.05, 0.1) is 0 Å². The first kappa shape index (κ1) is 34.8. The Morgan fingerprint density at radius 2 is 0.828 bits per heavy atom. The van der Waals surface area contributed by atoms with E-state index < -0.39 is 24.4 Å². The molecule has 1 aliphatic carbocycles. The van der Waals surface area contributed by atoms with E-state index in [0.717, 1.165) is 29.6 Å². The second-order valence-corrected chi connectivity index (χ2v) is 10.2. The fraction of sp³-hybridized carbons (Fsp3) is 0.941. The second-order valence-electron chi connectivity index (χ2n) is 7.52. The van der Waals surface area contributed by atoms with Crippen LogP contribution in [0.2, 0.25) is 0 Å². The van der Waals surface area contributed by atoms with Crippen LogP contribution in [0, 0.1) is 35.8 Å². The van der Waals surface area contributed by atoms with Gasteiger partial charge >= 0.3 is 47.3 Å². The zero-order valence-corrected chi connectivity index (χ0v) is 22.9.